The quantitative estimate of drug-likeness (QED) is 0.111. The zero-order valence-electron chi connectivity index (χ0n) is 25.5. The van der Waals surface area contributed by atoms with Crippen LogP contribution >= 0.6 is 7.82 Å². The van der Waals surface area contributed by atoms with Crippen molar-refractivity contribution in [1.29, 1.82) is 0 Å². The van der Waals surface area contributed by atoms with Crippen molar-refractivity contribution in [3.8, 4) is 0 Å². The molecule has 0 aromatic carbocycles. The SMILES string of the molecule is CC(C)(C)[Si](C)(C)OCCOP(=O)(OCCO[Si](C)(C)C(C)(C)C)OCCO[Si](C)(C)C(C)(C)C. The van der Waals surface area contributed by atoms with Crippen LogP contribution in [-0.2, 0) is 31.4 Å². The van der Waals surface area contributed by atoms with E-state index in [0.29, 0.717) is 19.8 Å². The van der Waals surface area contributed by atoms with E-state index in [1.807, 2.05) is 0 Å². The molecule has 0 N–H and O–H groups in total. The summed E-state index contributed by atoms with van der Waals surface area (Å²) in [5, 5.41) is 0.267. The molecule has 0 rings (SSSR count). The highest BCUT2D eigenvalue weighted by Gasteiger charge is 2.39. The predicted octanol–water partition coefficient (Wildman–Crippen LogP) is 8.21. The highest BCUT2D eigenvalue weighted by molar-refractivity contribution is 7.48. The van der Waals surface area contributed by atoms with E-state index in [0.717, 1.165) is 0 Å². The minimum atomic E-state index is -3.78. The van der Waals surface area contributed by atoms with Gasteiger partial charge in [0.2, 0.25) is 0 Å². The Morgan fingerprint density at radius 3 is 0.829 bits per heavy atom. The molecule has 7 nitrogen and oxygen atoms in total. The van der Waals surface area contributed by atoms with Crippen molar-refractivity contribution < 1.29 is 31.4 Å². The molecule has 0 aromatic rings. The Balaban J connectivity index is 4.99. The molecule has 0 saturated heterocycles. The Morgan fingerprint density at radius 2 is 0.657 bits per heavy atom. The van der Waals surface area contributed by atoms with E-state index in [1.54, 1.807) is 0 Å². The lowest BCUT2D eigenvalue weighted by Crippen LogP contribution is -2.41. The molecule has 0 aliphatic carbocycles. The second-order valence-electron chi connectivity index (χ2n) is 13.8. The molecule has 0 spiro atoms. The lowest BCUT2D eigenvalue weighted by molar-refractivity contribution is 0.0763. The molecular formula is C24H57O7PSi3. The van der Waals surface area contributed by atoms with Crippen molar-refractivity contribution in [2.45, 2.75) is 117 Å². The van der Waals surface area contributed by atoms with E-state index < -0.39 is 32.8 Å². The van der Waals surface area contributed by atoms with E-state index in [2.05, 4.69) is 102 Å². The summed E-state index contributed by atoms with van der Waals surface area (Å²) in [6, 6.07) is 0. The van der Waals surface area contributed by atoms with Gasteiger partial charge in [-0.15, -0.1) is 0 Å². The summed E-state index contributed by atoms with van der Waals surface area (Å²) in [5.41, 5.74) is 0. The zero-order chi connectivity index (χ0) is 28.0. The van der Waals surface area contributed by atoms with Crippen LogP contribution in [0.3, 0.4) is 0 Å². The van der Waals surface area contributed by atoms with Gasteiger partial charge in [0, 0.05) is 0 Å². The largest absolute Gasteiger partial charge is 0.475 e. The fraction of sp³-hybridized carbons (Fsp3) is 1.00. The average Bonchev–Trinajstić information content (AvgIpc) is 2.63. The van der Waals surface area contributed by atoms with Gasteiger partial charge in [-0.25, -0.2) is 4.57 Å². The van der Waals surface area contributed by atoms with Crippen LogP contribution in [0, 0.1) is 0 Å². The first kappa shape index (κ1) is 35.6. The number of phosphoric acid groups is 1. The Morgan fingerprint density at radius 1 is 0.457 bits per heavy atom. The molecule has 0 heterocycles. The van der Waals surface area contributed by atoms with Crippen molar-refractivity contribution in [2.75, 3.05) is 39.6 Å². The third-order valence-corrected chi connectivity index (χ3v) is 22.9. The second-order valence-corrected chi connectivity index (χ2v) is 29.9. The van der Waals surface area contributed by atoms with Crippen LogP contribution in [0.2, 0.25) is 54.4 Å². The van der Waals surface area contributed by atoms with Crippen molar-refractivity contribution in [1.82, 2.24) is 0 Å². The molecule has 0 amide bonds. The van der Waals surface area contributed by atoms with Crippen molar-refractivity contribution in [3.63, 3.8) is 0 Å². The normalized spacial score (nSPS) is 15.1. The maximum absolute atomic E-state index is 13.4. The van der Waals surface area contributed by atoms with Crippen LogP contribution in [0.1, 0.15) is 62.3 Å². The monoisotopic (exact) mass is 572 g/mol. The molecule has 0 aliphatic heterocycles. The van der Waals surface area contributed by atoms with Gasteiger partial charge >= 0.3 is 7.82 Å². The van der Waals surface area contributed by atoms with Gasteiger partial charge in [-0.1, -0.05) is 62.3 Å². The first-order chi connectivity index (χ1) is 15.4. The molecule has 0 unspecified atom stereocenters. The van der Waals surface area contributed by atoms with E-state index in [1.165, 1.54) is 0 Å². The molecule has 11 heteroatoms. The van der Waals surface area contributed by atoms with E-state index in [9.17, 15) is 4.57 Å². The maximum atomic E-state index is 13.4. The molecule has 0 bridgehead atoms. The van der Waals surface area contributed by atoms with Gasteiger partial charge in [0.25, 0.3) is 0 Å². The van der Waals surface area contributed by atoms with Crippen molar-refractivity contribution in [3.05, 3.63) is 0 Å². The summed E-state index contributed by atoms with van der Waals surface area (Å²) in [5.74, 6) is 0. The Labute approximate surface area is 220 Å². The summed E-state index contributed by atoms with van der Waals surface area (Å²) in [6.45, 7) is 34.1. The first-order valence-corrected chi connectivity index (χ1v) is 23.0. The van der Waals surface area contributed by atoms with Gasteiger partial charge in [0.15, 0.2) is 25.0 Å². The fourth-order valence-electron chi connectivity index (χ4n) is 2.10. The molecular weight excluding hydrogens is 515 g/mol. The Bertz CT molecular complexity index is 588. The third-order valence-electron chi connectivity index (χ3n) is 7.81. The minimum Gasteiger partial charge on any atom is -0.414 e. The summed E-state index contributed by atoms with van der Waals surface area (Å²) in [7, 11) is -9.55. The van der Waals surface area contributed by atoms with Crippen molar-refractivity contribution >= 4 is 32.8 Å². The van der Waals surface area contributed by atoms with Crippen LogP contribution < -0.4 is 0 Å². The molecule has 0 fully saturated rings. The number of hydrogen-bond acceptors (Lipinski definition) is 7. The smallest absolute Gasteiger partial charge is 0.414 e. The lowest BCUT2D eigenvalue weighted by atomic mass is 10.2. The van der Waals surface area contributed by atoms with E-state index in [4.69, 9.17) is 26.8 Å². The Kier molecular flexibility index (Phi) is 13.4. The van der Waals surface area contributed by atoms with Gasteiger partial charge in [-0.3, -0.25) is 13.6 Å². The second kappa shape index (κ2) is 13.1. The average molecular weight is 573 g/mol. The highest BCUT2D eigenvalue weighted by atomic mass is 31.2. The molecule has 0 atom stereocenters. The van der Waals surface area contributed by atoms with E-state index in [-0.39, 0.29) is 34.9 Å². The van der Waals surface area contributed by atoms with Gasteiger partial charge in [0.05, 0.1) is 39.6 Å². The highest BCUT2D eigenvalue weighted by Crippen LogP contribution is 2.49. The van der Waals surface area contributed by atoms with Crippen LogP contribution in [0.25, 0.3) is 0 Å². The minimum absolute atomic E-state index is 0.0892. The van der Waals surface area contributed by atoms with Gasteiger partial charge in [-0.2, -0.15) is 0 Å². The van der Waals surface area contributed by atoms with Crippen LogP contribution in [-0.4, -0.2) is 64.6 Å². The Hall–Kier alpha value is 0.641. The molecule has 0 aliphatic rings. The third kappa shape index (κ3) is 12.4. The number of hydrogen-bond donors (Lipinski definition) is 0. The topological polar surface area (TPSA) is 72.5 Å². The first-order valence-electron chi connectivity index (χ1n) is 12.8. The summed E-state index contributed by atoms with van der Waals surface area (Å²) >= 11 is 0. The molecule has 212 valence electrons. The standard InChI is InChI=1S/C24H57O7PSi3/c1-22(2,3)33(10,11)29-19-16-26-32(25,27-17-20-30-34(12,13)23(4,5)6)28-18-21-31-35(14,15)24(7,8)9/h16-21H2,1-15H3. The fourth-order valence-corrected chi connectivity index (χ4v) is 6.30. The van der Waals surface area contributed by atoms with Crippen LogP contribution in [0.4, 0.5) is 0 Å². The zero-order valence-corrected chi connectivity index (χ0v) is 29.4. The van der Waals surface area contributed by atoms with E-state index >= 15 is 0 Å². The van der Waals surface area contributed by atoms with Gasteiger partial charge < -0.3 is 13.3 Å². The molecule has 35 heavy (non-hydrogen) atoms. The molecule has 0 radical (unpaired) electrons. The van der Waals surface area contributed by atoms with Crippen LogP contribution in [0.15, 0.2) is 0 Å². The predicted molar refractivity (Wildman–Crippen MR) is 155 cm³/mol. The van der Waals surface area contributed by atoms with Crippen LogP contribution in [0.5, 0.6) is 0 Å². The lowest BCUT2D eigenvalue weighted by Gasteiger charge is -2.36. The summed E-state index contributed by atoms with van der Waals surface area (Å²) in [4.78, 5) is 0. The molecule has 0 aromatic heterocycles. The van der Waals surface area contributed by atoms with Gasteiger partial charge in [0.1, 0.15) is 0 Å². The summed E-state index contributed by atoms with van der Waals surface area (Å²) in [6.07, 6.45) is 0. The number of phosphoric ester groups is 1. The summed E-state index contributed by atoms with van der Waals surface area (Å²) < 4.78 is 48.8. The number of rotatable bonds is 15. The maximum Gasteiger partial charge on any atom is 0.475 e. The van der Waals surface area contributed by atoms with Gasteiger partial charge in [-0.05, 0) is 54.4 Å². The molecule has 0 saturated carbocycles. The van der Waals surface area contributed by atoms with Crippen molar-refractivity contribution in [2.24, 2.45) is 0 Å².